The number of benzene rings is 4. The Hall–Kier alpha value is -1.73. The van der Waals surface area contributed by atoms with Crippen molar-refractivity contribution in [3.8, 4) is 11.1 Å². The van der Waals surface area contributed by atoms with Gasteiger partial charge in [0.2, 0.25) is 0 Å². The summed E-state index contributed by atoms with van der Waals surface area (Å²) in [5.74, 6) is 1.22. The first-order valence-corrected chi connectivity index (χ1v) is 22.8. The van der Waals surface area contributed by atoms with Crippen LogP contribution in [0.25, 0.3) is 11.1 Å². The van der Waals surface area contributed by atoms with Crippen molar-refractivity contribution < 1.29 is 24.2 Å². The maximum absolute atomic E-state index is 5.51. The Labute approximate surface area is 399 Å². The van der Waals surface area contributed by atoms with Crippen LogP contribution in [0.15, 0.2) is 84.5 Å². The van der Waals surface area contributed by atoms with Gasteiger partial charge in [-0.05, 0) is 39.4 Å². The van der Waals surface area contributed by atoms with Crippen LogP contribution in [0.2, 0.25) is 10.0 Å². The van der Waals surface area contributed by atoms with Crippen molar-refractivity contribution >= 4 is 52.2 Å². The van der Waals surface area contributed by atoms with Crippen molar-refractivity contribution in [2.75, 3.05) is 0 Å². The Morgan fingerprint density at radius 2 is 1.07 bits per heavy atom. The molecule has 0 aromatic heterocycles. The quantitative estimate of drug-likeness (QED) is 0.147. The molecule has 4 aromatic rings. The van der Waals surface area contributed by atoms with Crippen molar-refractivity contribution in [2.45, 2.75) is 146 Å². The fourth-order valence-corrected chi connectivity index (χ4v) is 6.97. The van der Waals surface area contributed by atoms with Crippen LogP contribution in [0.5, 0.6) is 0 Å². The standard InChI is InChI=1S/C29H41.C12H19.2C6H4Cl.CH2.2ClH.Zr/c1-26(2,3)22-14-18-13-19-15-23(27(4,5)6)25(29(10,11)12)17-21(19)20(18)16-24(22)28(7,8)9;1-9(2)10-6-7-11(8-10)12(3,4)5;2*7-6-4-2-1-3-5-6;;;;/h14,16-17H,13H2,1-12H3;7-10H,1-5H3;2*1-2,4-5H;1H2;2*1H;/q4*-1;;;;. The van der Waals surface area contributed by atoms with Crippen molar-refractivity contribution in [3.63, 3.8) is 0 Å². The summed E-state index contributed by atoms with van der Waals surface area (Å²) in [5.41, 5.74) is 13.7. The van der Waals surface area contributed by atoms with E-state index in [1.165, 1.54) is 74.3 Å². The van der Waals surface area contributed by atoms with E-state index in [0.717, 1.165) is 16.5 Å². The molecule has 0 amide bonds. The van der Waals surface area contributed by atoms with Crippen LogP contribution in [0.3, 0.4) is 0 Å². The van der Waals surface area contributed by atoms with Crippen molar-refractivity contribution in [2.24, 2.45) is 17.3 Å². The average molecular weight is 954 g/mol. The van der Waals surface area contributed by atoms with E-state index in [4.69, 9.17) is 23.2 Å². The van der Waals surface area contributed by atoms with Crippen LogP contribution < -0.4 is 0 Å². The summed E-state index contributed by atoms with van der Waals surface area (Å²) in [6, 6.07) is 31.4. The number of hydrogen-bond acceptors (Lipinski definition) is 0. The summed E-state index contributed by atoms with van der Waals surface area (Å²) in [6.45, 7) is 39.2. The van der Waals surface area contributed by atoms with Gasteiger partial charge in [-0.25, -0.2) is 6.08 Å². The first kappa shape index (κ1) is 57.3. The van der Waals surface area contributed by atoms with Gasteiger partial charge in [-0.3, -0.25) is 6.08 Å². The third kappa shape index (κ3) is 17.5. The summed E-state index contributed by atoms with van der Waals surface area (Å²) in [4.78, 5) is 0. The van der Waals surface area contributed by atoms with E-state index >= 15 is 0 Å². The second kappa shape index (κ2) is 23.6. The van der Waals surface area contributed by atoms with Crippen LogP contribution >= 0.6 is 48.0 Å². The molecule has 5 heteroatoms. The molecule has 1 unspecified atom stereocenters. The van der Waals surface area contributed by atoms with E-state index in [1.807, 2.05) is 36.4 Å². The third-order valence-corrected chi connectivity index (χ3v) is 10.4. The van der Waals surface area contributed by atoms with E-state index in [2.05, 4.69) is 177 Å². The van der Waals surface area contributed by atoms with Gasteiger partial charge >= 0.3 is 28.4 Å². The SMILES string of the molecule is CC(C)(C)c1[c-]c2c(cc1C(C)(C)C)-c1cc(C(C)(C)C)c(C(C)(C)C)cc1C2.CC(C)C1[C-]=CC(C(C)(C)C)=C1.Cl.Cl.Clc1c[c-]ccc1.Clc1c[c-]ccc1.[CH2]=[Zr]. The number of hydrogen-bond donors (Lipinski definition) is 0. The van der Waals surface area contributed by atoms with E-state index in [9.17, 15) is 0 Å². The minimum absolute atomic E-state index is 0. The summed E-state index contributed by atoms with van der Waals surface area (Å²) < 4.78 is 3.34. The van der Waals surface area contributed by atoms with Crippen LogP contribution in [-0.2, 0) is 52.3 Å². The summed E-state index contributed by atoms with van der Waals surface area (Å²) in [5, 5.41) is 1.48. The second-order valence-corrected chi connectivity index (χ2v) is 21.5. The number of rotatable bonds is 1. The Morgan fingerprint density at radius 3 is 1.37 bits per heavy atom. The zero-order valence-corrected chi connectivity index (χ0v) is 44.7. The second-order valence-electron chi connectivity index (χ2n) is 20.6. The summed E-state index contributed by atoms with van der Waals surface area (Å²) >= 11 is 12.3. The molecule has 6 rings (SSSR count). The van der Waals surface area contributed by atoms with Gasteiger partial charge in [0.1, 0.15) is 0 Å². The number of halogens is 4. The first-order chi connectivity index (χ1) is 26.1. The number of fused-ring (bicyclic) bond motifs is 3. The van der Waals surface area contributed by atoms with Crippen LogP contribution in [0.1, 0.15) is 151 Å². The molecular weight excluding hydrogens is 882 g/mol. The van der Waals surface area contributed by atoms with Crippen LogP contribution in [0, 0.1) is 41.5 Å². The van der Waals surface area contributed by atoms with E-state index < -0.39 is 0 Å². The molecule has 0 bridgehead atoms. The molecule has 0 aliphatic heterocycles. The van der Waals surface area contributed by atoms with Gasteiger partial charge < -0.3 is 0 Å². The Bertz CT molecular complexity index is 1820. The molecule has 0 heterocycles. The van der Waals surface area contributed by atoms with E-state index in [1.54, 1.807) is 12.1 Å². The molecule has 324 valence electrons. The van der Waals surface area contributed by atoms with Crippen LogP contribution in [0.4, 0.5) is 0 Å². The topological polar surface area (TPSA) is 0 Å². The van der Waals surface area contributed by atoms with Gasteiger partial charge in [0, 0.05) is 0 Å². The fourth-order valence-electron chi connectivity index (χ4n) is 6.69. The molecule has 2 aliphatic carbocycles. The molecular formula is C54H72Cl4Zr-4. The summed E-state index contributed by atoms with van der Waals surface area (Å²) in [7, 11) is 0. The molecule has 0 N–H and O–H groups in total. The van der Waals surface area contributed by atoms with Gasteiger partial charge in [-0.1, -0.05) is 168 Å². The molecule has 0 fully saturated rings. The van der Waals surface area contributed by atoms with Gasteiger partial charge in [-0.15, -0.1) is 41.5 Å². The maximum atomic E-state index is 5.51. The molecule has 59 heavy (non-hydrogen) atoms. The minimum atomic E-state index is 0. The van der Waals surface area contributed by atoms with Crippen LogP contribution in [-0.4, -0.2) is 4.21 Å². The molecule has 4 aromatic carbocycles. The normalized spacial score (nSPS) is 14.2. The summed E-state index contributed by atoms with van der Waals surface area (Å²) in [6.07, 6.45) is 8.91. The average Bonchev–Trinajstić information content (AvgIpc) is 3.74. The zero-order chi connectivity index (χ0) is 43.7. The zero-order valence-electron chi connectivity index (χ0n) is 39.1. The third-order valence-electron chi connectivity index (χ3n) is 9.95. The van der Waals surface area contributed by atoms with Gasteiger partial charge in [0.15, 0.2) is 0 Å². The first-order valence-electron chi connectivity index (χ1n) is 20.3. The molecule has 0 nitrogen and oxygen atoms in total. The Balaban J connectivity index is 0.000000914. The van der Waals surface area contributed by atoms with Crippen molar-refractivity contribution in [1.82, 2.24) is 0 Å². The molecule has 0 spiro atoms. The van der Waals surface area contributed by atoms with Gasteiger partial charge in [0.25, 0.3) is 0 Å². The molecule has 0 saturated carbocycles. The van der Waals surface area contributed by atoms with Gasteiger partial charge in [-0.2, -0.15) is 113 Å². The number of allylic oxidation sites excluding steroid dienone is 4. The Morgan fingerprint density at radius 1 is 0.627 bits per heavy atom. The predicted octanol–water partition coefficient (Wildman–Crippen LogP) is 16.9. The predicted molar refractivity (Wildman–Crippen MR) is 264 cm³/mol. The fraction of sp³-hybridized carbons (Fsp3) is 0.463. The molecule has 0 radical (unpaired) electrons. The monoisotopic (exact) mass is 950 g/mol. The molecule has 1 atom stereocenters. The molecule has 2 aliphatic rings. The van der Waals surface area contributed by atoms with Crippen molar-refractivity contribution in [3.05, 3.63) is 152 Å². The van der Waals surface area contributed by atoms with Gasteiger partial charge in [0.05, 0.1) is 0 Å². The Kier molecular flexibility index (Phi) is 23.0. The van der Waals surface area contributed by atoms with E-state index in [-0.39, 0.29) is 51.9 Å². The van der Waals surface area contributed by atoms with E-state index in [0.29, 0.717) is 11.8 Å². The van der Waals surface area contributed by atoms with Crippen molar-refractivity contribution in [1.29, 1.82) is 0 Å². The molecule has 0 saturated heterocycles.